The van der Waals surface area contributed by atoms with Crippen LogP contribution in [0.15, 0.2) is 0 Å². The summed E-state index contributed by atoms with van der Waals surface area (Å²) >= 11 is 0. The molecule has 0 amide bonds. The third kappa shape index (κ3) is 36.2. The first-order chi connectivity index (χ1) is 1.73. The van der Waals surface area contributed by atoms with Crippen molar-refractivity contribution in [3.05, 3.63) is 0 Å². The summed E-state index contributed by atoms with van der Waals surface area (Å²) in [5.74, 6) is 0. The van der Waals surface area contributed by atoms with Crippen molar-refractivity contribution in [3.8, 4) is 0 Å². The number of hydrogen-bond donors (Lipinski definition) is 3. The molecule has 0 bridgehead atoms. The Bertz CT molecular complexity index is 15.5. The average Bonchev–Trinajstić information content (AvgIpc) is 0.811. The van der Waals surface area contributed by atoms with Gasteiger partial charge in [-0.15, -0.1) is 0 Å². The van der Waals surface area contributed by atoms with Crippen molar-refractivity contribution in [3.63, 3.8) is 0 Å². The molecule has 0 aliphatic carbocycles. The molecule has 0 aliphatic rings. The molecule has 0 atom stereocenters. The third-order valence-electron chi connectivity index (χ3n) is 0. The molecule has 0 aliphatic heterocycles. The quantitative estimate of drug-likeness (QED) is 0.388. The summed E-state index contributed by atoms with van der Waals surface area (Å²) in [7, 11) is -2.17. The zero-order valence-electron chi connectivity index (χ0n) is 2.42. The molecule has 6 heteroatoms. The fraction of sp³-hybridized carbons (Fsp3) is 0. The first-order valence-corrected chi connectivity index (χ1v) is 0.775. The number of rotatable bonds is 0. The van der Waals surface area contributed by atoms with Gasteiger partial charge in [0.2, 0.25) is 0 Å². The van der Waals surface area contributed by atoms with Crippen LogP contribution in [-0.4, -0.2) is 45.4 Å². The van der Waals surface area contributed by atoms with Crippen LogP contribution in [0.4, 0.5) is 0 Å². The standard InChI is InChI=1S/BH3O3.Ce.Mg.2H/c2-1(3)4;;;;/h2-4H;;;;. The molecule has 0 heterocycles. The van der Waals surface area contributed by atoms with Gasteiger partial charge in [0, 0.05) is 41.7 Å². The second kappa shape index (κ2) is 10.1. The van der Waals surface area contributed by atoms with Gasteiger partial charge in [-0.05, 0) is 0 Å². The Hall–Kier alpha value is 2.09. The molecular formula is H5BCeMgO3. The maximum Gasteiger partial charge on any atom is 0.631 e. The Morgan fingerprint density at radius 2 is 1.00 bits per heavy atom. The van der Waals surface area contributed by atoms with Gasteiger partial charge in [0.1, 0.15) is 0 Å². The fourth-order valence-corrected chi connectivity index (χ4v) is 0. The Morgan fingerprint density at radius 1 is 1.00 bits per heavy atom. The third-order valence-corrected chi connectivity index (χ3v) is 0. The van der Waals surface area contributed by atoms with Crippen LogP contribution in [0.1, 0.15) is 0 Å². The van der Waals surface area contributed by atoms with Crippen molar-refractivity contribution in [2.24, 2.45) is 0 Å². The van der Waals surface area contributed by atoms with Gasteiger partial charge in [0.15, 0.2) is 0 Å². The predicted molar refractivity (Wildman–Crippen MR) is 21.0 cm³/mol. The van der Waals surface area contributed by atoms with Crippen LogP contribution in [0.25, 0.3) is 0 Å². The SMILES string of the molecule is OB(O)O.[Ce].[MgH2]. The second-order valence-electron chi connectivity index (χ2n) is 0.346. The predicted octanol–water partition coefficient (Wildman–Crippen LogP) is -2.97. The van der Waals surface area contributed by atoms with Gasteiger partial charge in [-0.2, -0.15) is 0 Å². The van der Waals surface area contributed by atoms with Crippen molar-refractivity contribution in [2.45, 2.75) is 0 Å². The van der Waals surface area contributed by atoms with E-state index in [2.05, 4.69) is 0 Å². The second-order valence-corrected chi connectivity index (χ2v) is 0.346. The zero-order valence-corrected chi connectivity index (χ0v) is 5.56. The van der Waals surface area contributed by atoms with E-state index in [-0.39, 0.29) is 64.8 Å². The normalized spacial score (nSPS) is 4.50. The molecule has 0 fully saturated rings. The summed E-state index contributed by atoms with van der Waals surface area (Å²) in [6, 6.07) is 0. The van der Waals surface area contributed by atoms with E-state index in [9.17, 15) is 0 Å². The summed E-state index contributed by atoms with van der Waals surface area (Å²) in [5.41, 5.74) is 0. The van der Waals surface area contributed by atoms with Crippen molar-refractivity contribution in [2.75, 3.05) is 0 Å². The van der Waals surface area contributed by atoms with Crippen LogP contribution in [0.5, 0.6) is 0 Å². The minimum Gasteiger partial charge on any atom is -0.402 e. The molecule has 0 radical (unpaired) electrons. The smallest absolute Gasteiger partial charge is 0.402 e. The summed E-state index contributed by atoms with van der Waals surface area (Å²) in [6.45, 7) is 0. The monoisotopic (exact) mass is 228 g/mol. The van der Waals surface area contributed by atoms with Crippen molar-refractivity contribution in [1.82, 2.24) is 0 Å². The average molecular weight is 228 g/mol. The molecule has 3 N–H and O–H groups in total. The first-order valence-electron chi connectivity index (χ1n) is 0.775. The minimum atomic E-state index is -2.17. The maximum absolute atomic E-state index is 7.17. The maximum atomic E-state index is 7.17. The minimum absolute atomic E-state index is 0. The van der Waals surface area contributed by atoms with Gasteiger partial charge in [0.25, 0.3) is 0 Å². The molecule has 3 nitrogen and oxygen atoms in total. The van der Waals surface area contributed by atoms with Crippen LogP contribution in [0.2, 0.25) is 0 Å². The van der Waals surface area contributed by atoms with Crippen molar-refractivity contribution < 1.29 is 56.8 Å². The van der Waals surface area contributed by atoms with Gasteiger partial charge in [-0.3, -0.25) is 0 Å². The summed E-state index contributed by atoms with van der Waals surface area (Å²) in [5, 5.41) is 21.5. The zero-order chi connectivity index (χ0) is 3.58. The molecule has 0 rings (SSSR count). The van der Waals surface area contributed by atoms with Crippen LogP contribution in [0.3, 0.4) is 0 Å². The van der Waals surface area contributed by atoms with Crippen molar-refractivity contribution in [1.29, 1.82) is 0 Å². The fourth-order valence-electron chi connectivity index (χ4n) is 0. The summed E-state index contributed by atoms with van der Waals surface area (Å²) in [4.78, 5) is 0. The Morgan fingerprint density at radius 3 is 1.00 bits per heavy atom. The Kier molecular flexibility index (Phi) is 26.5. The molecule has 0 saturated carbocycles. The molecule has 0 saturated heterocycles. The molecule has 0 spiro atoms. The van der Waals surface area contributed by atoms with Crippen LogP contribution in [0, 0.1) is 41.7 Å². The van der Waals surface area contributed by atoms with E-state index in [1.54, 1.807) is 0 Å². The van der Waals surface area contributed by atoms with E-state index in [1.165, 1.54) is 0 Å². The molecule has 0 aromatic carbocycles. The Balaban J connectivity index is -0.0000000450. The van der Waals surface area contributed by atoms with Crippen LogP contribution in [-0.2, 0) is 0 Å². The topological polar surface area (TPSA) is 60.7 Å². The van der Waals surface area contributed by atoms with E-state index >= 15 is 0 Å². The first kappa shape index (κ1) is 15.7. The van der Waals surface area contributed by atoms with E-state index in [4.69, 9.17) is 15.1 Å². The molecular weight excluding hydrogens is 223 g/mol. The molecule has 0 unspecified atom stereocenters. The molecule has 0 aromatic rings. The van der Waals surface area contributed by atoms with Gasteiger partial charge >= 0.3 is 30.4 Å². The largest absolute Gasteiger partial charge is 0.631 e. The molecule has 6 heavy (non-hydrogen) atoms. The van der Waals surface area contributed by atoms with Crippen LogP contribution < -0.4 is 0 Å². The van der Waals surface area contributed by atoms with E-state index < -0.39 is 7.32 Å². The van der Waals surface area contributed by atoms with Crippen LogP contribution >= 0.6 is 0 Å². The van der Waals surface area contributed by atoms with Gasteiger partial charge in [-0.1, -0.05) is 0 Å². The summed E-state index contributed by atoms with van der Waals surface area (Å²) in [6.07, 6.45) is 0. The van der Waals surface area contributed by atoms with Gasteiger partial charge in [-0.25, -0.2) is 0 Å². The molecule has 32 valence electrons. The van der Waals surface area contributed by atoms with E-state index in [0.717, 1.165) is 0 Å². The summed E-state index contributed by atoms with van der Waals surface area (Å²) < 4.78 is 0. The molecule has 0 aromatic heterocycles. The Labute approximate surface area is 85.8 Å². The van der Waals surface area contributed by atoms with Crippen molar-refractivity contribution >= 4 is 30.4 Å². The van der Waals surface area contributed by atoms with E-state index in [0.29, 0.717) is 0 Å². The van der Waals surface area contributed by atoms with Gasteiger partial charge in [0.05, 0.1) is 0 Å². The van der Waals surface area contributed by atoms with Gasteiger partial charge < -0.3 is 15.1 Å². The van der Waals surface area contributed by atoms with E-state index in [1.807, 2.05) is 0 Å². The number of hydrogen-bond acceptors (Lipinski definition) is 3.